The molecule has 4 aliphatic rings. The molecule has 4 atom stereocenters. The number of methoxy groups -OCH3 is 2. The summed E-state index contributed by atoms with van der Waals surface area (Å²) < 4.78 is 12.2. The van der Waals surface area contributed by atoms with Crippen molar-refractivity contribution in [3.8, 4) is 0 Å². The Labute approximate surface area is 365 Å². The Morgan fingerprint density at radius 3 is 1.34 bits per heavy atom. The first-order valence-corrected chi connectivity index (χ1v) is 22.7. The Balaban J connectivity index is 0.000000184. The summed E-state index contributed by atoms with van der Waals surface area (Å²) in [6.07, 6.45) is 10.8. The van der Waals surface area contributed by atoms with E-state index in [1.165, 1.54) is 64.6 Å². The quantitative estimate of drug-likeness (QED) is 0.184. The van der Waals surface area contributed by atoms with Crippen LogP contribution >= 0.6 is 0 Å². The Morgan fingerprint density at radius 1 is 0.508 bits per heavy atom. The summed E-state index contributed by atoms with van der Waals surface area (Å²) in [5.41, 5.74) is 13.3. The zero-order valence-corrected chi connectivity index (χ0v) is 38.8. The van der Waals surface area contributed by atoms with Crippen molar-refractivity contribution < 1.29 is 29.3 Å². The fraction of sp³-hybridized carbons (Fsp3) is 0.527. The molecule has 0 bridgehead atoms. The number of fused-ring (bicyclic) bond motifs is 2. The van der Waals surface area contributed by atoms with Gasteiger partial charge in [0.1, 0.15) is 0 Å². The van der Waals surface area contributed by atoms with Crippen molar-refractivity contribution in [1.29, 1.82) is 0 Å². The van der Waals surface area contributed by atoms with Crippen molar-refractivity contribution in [2.75, 3.05) is 14.2 Å². The lowest BCUT2D eigenvalue weighted by Crippen LogP contribution is -2.34. The van der Waals surface area contributed by atoms with Gasteiger partial charge >= 0.3 is 11.9 Å². The number of carboxylic acids is 2. The van der Waals surface area contributed by atoms with Gasteiger partial charge in [-0.1, -0.05) is 110 Å². The first kappa shape index (κ1) is 44.8. The van der Waals surface area contributed by atoms with Crippen molar-refractivity contribution in [3.63, 3.8) is 0 Å². The topological polar surface area (TPSA) is 93.1 Å². The number of aromatic carboxylic acids is 2. The first-order chi connectivity index (χ1) is 28.6. The molecular formula is C55H70O6. The highest BCUT2D eigenvalue weighted by Crippen LogP contribution is 2.54. The number of carboxylic acid groups (broad SMARTS) is 2. The largest absolute Gasteiger partial charge is 0.478 e. The van der Waals surface area contributed by atoms with Gasteiger partial charge in [0.25, 0.3) is 0 Å². The van der Waals surface area contributed by atoms with Gasteiger partial charge in [0.05, 0.1) is 22.3 Å². The molecule has 2 N–H and O–H groups in total. The number of benzene rings is 4. The highest BCUT2D eigenvalue weighted by molar-refractivity contribution is 5.88. The van der Waals surface area contributed by atoms with Gasteiger partial charge in [-0.05, 0) is 179 Å². The van der Waals surface area contributed by atoms with Crippen LogP contribution in [0.15, 0.2) is 78.9 Å². The number of ether oxygens (including phenoxy) is 2. The lowest BCUT2D eigenvalue weighted by molar-refractivity contribution is -0.0101. The third-order valence-electron chi connectivity index (χ3n) is 16.1. The highest BCUT2D eigenvalue weighted by Gasteiger charge is 2.45. The Morgan fingerprint density at radius 2 is 0.902 bits per heavy atom. The van der Waals surface area contributed by atoms with Gasteiger partial charge in [0.2, 0.25) is 0 Å². The van der Waals surface area contributed by atoms with E-state index in [1.54, 1.807) is 38.5 Å². The SMILES string of the molecule is COC1(c2ccc(C(=O)O)cc2)CCC(c2cc3c(cc2C)C(C)(C)CCC3(C)C)C1.COC1(c2ccc(C(=O)O)cc2)CCC(c2ccc3c(c2)C(C)(C)CCC3(C)C)C1. The van der Waals surface area contributed by atoms with E-state index < -0.39 is 11.9 Å². The molecule has 61 heavy (non-hydrogen) atoms. The van der Waals surface area contributed by atoms with E-state index >= 15 is 0 Å². The van der Waals surface area contributed by atoms with Crippen LogP contribution in [0.1, 0.15) is 202 Å². The van der Waals surface area contributed by atoms with Crippen LogP contribution in [-0.4, -0.2) is 36.4 Å². The molecular weight excluding hydrogens is 757 g/mol. The van der Waals surface area contributed by atoms with Crippen LogP contribution < -0.4 is 0 Å². The molecule has 0 heterocycles. The maximum atomic E-state index is 11.2. The molecule has 2 saturated carbocycles. The van der Waals surface area contributed by atoms with Gasteiger partial charge < -0.3 is 19.7 Å². The molecule has 2 fully saturated rings. The van der Waals surface area contributed by atoms with E-state index in [9.17, 15) is 19.8 Å². The van der Waals surface area contributed by atoms with E-state index in [0.29, 0.717) is 23.0 Å². The summed E-state index contributed by atoms with van der Waals surface area (Å²) in [7, 11) is 3.57. The van der Waals surface area contributed by atoms with Gasteiger partial charge in [-0.25, -0.2) is 9.59 Å². The zero-order valence-electron chi connectivity index (χ0n) is 38.8. The molecule has 0 spiro atoms. The summed E-state index contributed by atoms with van der Waals surface area (Å²) in [6.45, 7) is 21.3. The van der Waals surface area contributed by atoms with Gasteiger partial charge in [-0.2, -0.15) is 0 Å². The molecule has 4 aromatic rings. The molecule has 8 rings (SSSR count). The molecule has 4 aromatic carbocycles. The maximum Gasteiger partial charge on any atom is 0.335 e. The van der Waals surface area contributed by atoms with E-state index in [4.69, 9.17) is 9.47 Å². The van der Waals surface area contributed by atoms with E-state index in [1.807, 2.05) is 24.3 Å². The summed E-state index contributed by atoms with van der Waals surface area (Å²) in [6, 6.07) is 26.6. The molecule has 0 amide bonds. The number of hydrogen-bond donors (Lipinski definition) is 2. The van der Waals surface area contributed by atoms with Gasteiger partial charge in [-0.15, -0.1) is 0 Å². The van der Waals surface area contributed by atoms with Crippen molar-refractivity contribution in [2.45, 2.75) is 171 Å². The average molecular weight is 827 g/mol. The van der Waals surface area contributed by atoms with E-state index in [0.717, 1.165) is 49.7 Å². The average Bonchev–Trinajstić information content (AvgIpc) is 3.88. The molecule has 4 unspecified atom stereocenters. The number of rotatable bonds is 8. The standard InChI is InChI=1S/C28H36O3.C27H34O3/c1-18-15-23-24(27(4,5)14-13-26(23,2)3)16-22(18)20-11-12-28(17-20,31-6)21-9-7-19(8-10-21)25(29)30;1-25(2)14-15-26(3,4)23-16-19(8-11-22(23)25)20-12-13-27(17-20,30-5)21-9-6-18(7-10-21)24(28)29/h7-10,15-16,20H,11-14,17H2,1-6H3,(H,29,30);6-11,16,20H,12-15,17H2,1-5H3,(H,28,29). The van der Waals surface area contributed by atoms with Crippen LogP contribution in [0.25, 0.3) is 0 Å². The van der Waals surface area contributed by atoms with Crippen LogP contribution in [0.4, 0.5) is 0 Å². The minimum Gasteiger partial charge on any atom is -0.478 e. The number of hydrogen-bond acceptors (Lipinski definition) is 4. The molecule has 0 saturated heterocycles. The Kier molecular flexibility index (Phi) is 11.8. The second-order valence-electron chi connectivity index (χ2n) is 21.6. The minimum atomic E-state index is -0.892. The van der Waals surface area contributed by atoms with Crippen molar-refractivity contribution in [2.24, 2.45) is 0 Å². The van der Waals surface area contributed by atoms with Gasteiger partial charge in [0.15, 0.2) is 0 Å². The third-order valence-corrected chi connectivity index (χ3v) is 16.1. The normalized spacial score (nSPS) is 26.7. The lowest BCUT2D eigenvalue weighted by atomic mass is 9.62. The van der Waals surface area contributed by atoms with Crippen molar-refractivity contribution in [1.82, 2.24) is 0 Å². The molecule has 0 radical (unpaired) electrons. The predicted molar refractivity (Wildman–Crippen MR) is 246 cm³/mol. The highest BCUT2D eigenvalue weighted by atomic mass is 16.5. The second kappa shape index (κ2) is 16.1. The summed E-state index contributed by atoms with van der Waals surface area (Å²) in [5, 5.41) is 18.4. The third kappa shape index (κ3) is 8.36. The molecule has 4 aliphatic carbocycles. The number of aryl methyl sites for hydroxylation is 1. The summed E-state index contributed by atoms with van der Waals surface area (Å²) >= 11 is 0. The van der Waals surface area contributed by atoms with Crippen molar-refractivity contribution in [3.05, 3.63) is 140 Å². The second-order valence-corrected chi connectivity index (χ2v) is 21.6. The van der Waals surface area contributed by atoms with Crippen LogP contribution in [0.2, 0.25) is 0 Å². The zero-order chi connectivity index (χ0) is 44.3. The van der Waals surface area contributed by atoms with E-state index in [-0.39, 0.29) is 32.9 Å². The Bertz CT molecular complexity index is 2280. The maximum absolute atomic E-state index is 11.2. The van der Waals surface area contributed by atoms with Crippen LogP contribution in [0, 0.1) is 6.92 Å². The molecule has 0 aromatic heterocycles. The van der Waals surface area contributed by atoms with Gasteiger partial charge in [0, 0.05) is 14.2 Å². The molecule has 326 valence electrons. The van der Waals surface area contributed by atoms with Crippen LogP contribution in [0.5, 0.6) is 0 Å². The molecule has 6 nitrogen and oxygen atoms in total. The van der Waals surface area contributed by atoms with E-state index in [2.05, 4.69) is 92.6 Å². The van der Waals surface area contributed by atoms with Crippen molar-refractivity contribution >= 4 is 11.9 Å². The first-order valence-electron chi connectivity index (χ1n) is 22.7. The fourth-order valence-corrected chi connectivity index (χ4v) is 11.6. The number of carbonyl (C=O) groups is 2. The van der Waals surface area contributed by atoms with Crippen LogP contribution in [0.3, 0.4) is 0 Å². The Hall–Kier alpha value is -4.26. The fourth-order valence-electron chi connectivity index (χ4n) is 11.6. The summed E-state index contributed by atoms with van der Waals surface area (Å²) in [4.78, 5) is 22.4. The summed E-state index contributed by atoms with van der Waals surface area (Å²) in [5.74, 6) is -0.880. The molecule has 0 aliphatic heterocycles. The predicted octanol–water partition coefficient (Wildman–Crippen LogP) is 13.4. The lowest BCUT2D eigenvalue weighted by Gasteiger charge is -2.42. The van der Waals surface area contributed by atoms with Crippen LogP contribution in [-0.2, 0) is 42.3 Å². The molecule has 6 heteroatoms. The van der Waals surface area contributed by atoms with Gasteiger partial charge in [-0.3, -0.25) is 0 Å². The monoisotopic (exact) mass is 827 g/mol. The minimum absolute atomic E-state index is 0.205. The smallest absolute Gasteiger partial charge is 0.335 e.